The molecule has 2 aliphatic heterocycles. The van der Waals surface area contributed by atoms with Crippen LogP contribution in [0.15, 0.2) is 24.4 Å². The first-order valence-electron chi connectivity index (χ1n) is 8.82. The van der Waals surface area contributed by atoms with E-state index in [4.69, 9.17) is 14.0 Å². The summed E-state index contributed by atoms with van der Waals surface area (Å²) in [4.78, 5) is 0. The second-order valence-corrected chi connectivity index (χ2v) is 7.82. The molecule has 0 amide bonds. The van der Waals surface area contributed by atoms with Gasteiger partial charge in [-0.25, -0.2) is 4.68 Å². The van der Waals surface area contributed by atoms with E-state index in [2.05, 4.69) is 51.0 Å². The van der Waals surface area contributed by atoms with Gasteiger partial charge in [0.25, 0.3) is 0 Å². The van der Waals surface area contributed by atoms with E-state index in [1.165, 1.54) is 6.42 Å². The molecule has 0 unspecified atom stereocenters. The molecule has 0 radical (unpaired) electrons. The molecule has 2 saturated heterocycles. The first kappa shape index (κ1) is 16.1. The zero-order chi connectivity index (χ0) is 16.9. The third kappa shape index (κ3) is 2.57. The lowest BCUT2D eigenvalue weighted by atomic mass is 9.79. The van der Waals surface area contributed by atoms with Crippen molar-refractivity contribution in [2.24, 2.45) is 0 Å². The Labute approximate surface area is 143 Å². The summed E-state index contributed by atoms with van der Waals surface area (Å²) in [5, 5.41) is 5.67. The van der Waals surface area contributed by atoms with Gasteiger partial charge in [0.2, 0.25) is 0 Å². The van der Waals surface area contributed by atoms with Crippen LogP contribution in [0.4, 0.5) is 0 Å². The van der Waals surface area contributed by atoms with Gasteiger partial charge in [0.05, 0.1) is 22.9 Å². The minimum absolute atomic E-state index is 0.0322. The van der Waals surface area contributed by atoms with Crippen molar-refractivity contribution in [2.45, 2.75) is 64.4 Å². The molecular weight excluding hydrogens is 303 g/mol. The maximum absolute atomic E-state index is 6.18. The minimum atomic E-state index is -0.352. The molecule has 3 heterocycles. The standard InChI is InChI=1S/C18H25BN2O3/c1-17(2)18(3,4)24-19(23-17)14-9-8-13-12-20-21(15(13)11-14)16-7-5-6-10-22-16/h8-9,11-12,16H,5-7,10H2,1-4H3/t16-/m1/s1. The molecule has 0 spiro atoms. The van der Waals surface area contributed by atoms with E-state index in [1.807, 2.05) is 10.9 Å². The summed E-state index contributed by atoms with van der Waals surface area (Å²) in [7, 11) is -0.352. The summed E-state index contributed by atoms with van der Waals surface area (Å²) < 4.78 is 20.3. The first-order chi connectivity index (χ1) is 11.4. The van der Waals surface area contributed by atoms with Gasteiger partial charge in [-0.1, -0.05) is 12.1 Å². The van der Waals surface area contributed by atoms with E-state index in [0.717, 1.165) is 35.8 Å². The van der Waals surface area contributed by atoms with Gasteiger partial charge < -0.3 is 14.0 Å². The van der Waals surface area contributed by atoms with Crippen LogP contribution in [0, 0.1) is 0 Å². The van der Waals surface area contributed by atoms with Crippen molar-refractivity contribution in [1.29, 1.82) is 0 Å². The average Bonchev–Trinajstić information content (AvgIpc) is 3.06. The van der Waals surface area contributed by atoms with Gasteiger partial charge in [-0.15, -0.1) is 0 Å². The van der Waals surface area contributed by atoms with Crippen molar-refractivity contribution >= 4 is 23.5 Å². The molecule has 6 heteroatoms. The number of hydrogen-bond acceptors (Lipinski definition) is 4. The molecule has 4 rings (SSSR count). The molecule has 24 heavy (non-hydrogen) atoms. The van der Waals surface area contributed by atoms with Crippen LogP contribution >= 0.6 is 0 Å². The Bertz CT molecular complexity index is 734. The van der Waals surface area contributed by atoms with Crippen molar-refractivity contribution in [3.63, 3.8) is 0 Å². The van der Waals surface area contributed by atoms with Gasteiger partial charge in [0, 0.05) is 12.0 Å². The molecule has 5 nitrogen and oxygen atoms in total. The molecule has 1 aromatic carbocycles. The summed E-state index contributed by atoms with van der Waals surface area (Å²) in [6, 6.07) is 6.28. The normalized spacial score (nSPS) is 26.2. The van der Waals surface area contributed by atoms with Crippen LogP contribution in [0.2, 0.25) is 0 Å². The van der Waals surface area contributed by atoms with Crippen molar-refractivity contribution in [1.82, 2.24) is 9.78 Å². The van der Waals surface area contributed by atoms with E-state index in [1.54, 1.807) is 0 Å². The summed E-state index contributed by atoms with van der Waals surface area (Å²) in [5.74, 6) is 0. The molecule has 0 aliphatic carbocycles. The van der Waals surface area contributed by atoms with E-state index >= 15 is 0 Å². The highest BCUT2D eigenvalue weighted by atomic mass is 16.7. The summed E-state index contributed by atoms with van der Waals surface area (Å²) >= 11 is 0. The Morgan fingerprint density at radius 2 is 1.88 bits per heavy atom. The molecule has 128 valence electrons. The van der Waals surface area contributed by atoms with E-state index < -0.39 is 0 Å². The van der Waals surface area contributed by atoms with Gasteiger partial charge in [0.15, 0.2) is 6.23 Å². The Morgan fingerprint density at radius 3 is 2.54 bits per heavy atom. The highest BCUT2D eigenvalue weighted by molar-refractivity contribution is 6.62. The fourth-order valence-corrected chi connectivity index (χ4v) is 3.33. The van der Waals surface area contributed by atoms with Gasteiger partial charge in [-0.3, -0.25) is 0 Å². The Hall–Kier alpha value is -1.37. The van der Waals surface area contributed by atoms with Crippen LogP contribution in [0.1, 0.15) is 53.2 Å². The number of fused-ring (bicyclic) bond motifs is 1. The summed E-state index contributed by atoms with van der Waals surface area (Å²) in [5.41, 5.74) is 1.44. The van der Waals surface area contributed by atoms with Crippen molar-refractivity contribution in [3.8, 4) is 0 Å². The second kappa shape index (κ2) is 5.58. The smallest absolute Gasteiger partial charge is 0.399 e. The Morgan fingerprint density at radius 1 is 1.12 bits per heavy atom. The van der Waals surface area contributed by atoms with Crippen LogP contribution in [-0.2, 0) is 14.0 Å². The zero-order valence-corrected chi connectivity index (χ0v) is 14.9. The minimum Gasteiger partial charge on any atom is -0.399 e. The molecule has 0 N–H and O–H groups in total. The van der Waals surface area contributed by atoms with Crippen molar-refractivity contribution < 1.29 is 14.0 Å². The predicted octanol–water partition coefficient (Wildman–Crippen LogP) is 3.03. The lowest BCUT2D eigenvalue weighted by Gasteiger charge is -2.32. The molecule has 1 atom stereocenters. The molecule has 1 aromatic heterocycles. The van der Waals surface area contributed by atoms with E-state index in [9.17, 15) is 0 Å². The lowest BCUT2D eigenvalue weighted by molar-refractivity contribution is -0.0366. The first-order valence-corrected chi connectivity index (χ1v) is 8.82. The number of rotatable bonds is 2. The molecule has 2 aromatic rings. The fourth-order valence-electron chi connectivity index (χ4n) is 3.33. The van der Waals surface area contributed by atoms with Crippen LogP contribution in [0.3, 0.4) is 0 Å². The van der Waals surface area contributed by atoms with Crippen molar-refractivity contribution in [3.05, 3.63) is 24.4 Å². The SMILES string of the molecule is CC1(C)OB(c2ccc3cnn([C@H]4CCCCO4)c3c2)OC1(C)C. The number of benzene rings is 1. The zero-order valence-electron chi connectivity index (χ0n) is 14.9. The fraction of sp³-hybridized carbons (Fsp3) is 0.611. The number of hydrogen-bond donors (Lipinski definition) is 0. The maximum atomic E-state index is 6.18. The lowest BCUT2D eigenvalue weighted by Crippen LogP contribution is -2.41. The number of ether oxygens (including phenoxy) is 1. The van der Waals surface area contributed by atoms with Gasteiger partial charge >= 0.3 is 7.12 Å². The third-order valence-corrected chi connectivity index (χ3v) is 5.58. The van der Waals surface area contributed by atoms with E-state index in [-0.39, 0.29) is 24.5 Å². The van der Waals surface area contributed by atoms with Crippen LogP contribution in [0.5, 0.6) is 0 Å². The predicted molar refractivity (Wildman–Crippen MR) is 94.3 cm³/mol. The average molecular weight is 328 g/mol. The quantitative estimate of drug-likeness (QED) is 0.795. The molecule has 2 fully saturated rings. The Balaban J connectivity index is 1.68. The second-order valence-electron chi connectivity index (χ2n) is 7.82. The van der Waals surface area contributed by atoms with Crippen LogP contribution in [0.25, 0.3) is 10.9 Å². The Kier molecular flexibility index (Phi) is 3.75. The molecule has 0 saturated carbocycles. The summed E-state index contributed by atoms with van der Waals surface area (Å²) in [6.07, 6.45) is 5.26. The largest absolute Gasteiger partial charge is 0.494 e. The number of nitrogens with zero attached hydrogens (tertiary/aromatic N) is 2. The monoisotopic (exact) mass is 328 g/mol. The molecule has 0 bridgehead atoms. The van der Waals surface area contributed by atoms with Crippen molar-refractivity contribution in [2.75, 3.05) is 6.61 Å². The van der Waals surface area contributed by atoms with Gasteiger partial charge in [0.1, 0.15) is 0 Å². The number of aromatic nitrogens is 2. The van der Waals surface area contributed by atoms with E-state index in [0.29, 0.717) is 0 Å². The topological polar surface area (TPSA) is 45.5 Å². The van der Waals surface area contributed by atoms with Gasteiger partial charge in [-0.2, -0.15) is 5.10 Å². The molecular formula is C18H25BN2O3. The maximum Gasteiger partial charge on any atom is 0.494 e. The van der Waals surface area contributed by atoms with Crippen LogP contribution in [-0.4, -0.2) is 34.7 Å². The third-order valence-electron chi connectivity index (χ3n) is 5.58. The highest BCUT2D eigenvalue weighted by Crippen LogP contribution is 2.36. The molecule has 2 aliphatic rings. The van der Waals surface area contributed by atoms with Gasteiger partial charge in [-0.05, 0) is 58.5 Å². The summed E-state index contributed by atoms with van der Waals surface area (Å²) in [6.45, 7) is 9.11. The van der Waals surface area contributed by atoms with Crippen LogP contribution < -0.4 is 5.46 Å². The highest BCUT2D eigenvalue weighted by Gasteiger charge is 2.51.